The monoisotopic (exact) mass is 463 g/mol. The van der Waals surface area contributed by atoms with Crippen molar-refractivity contribution >= 4 is 0 Å². The molecule has 0 saturated heterocycles. The summed E-state index contributed by atoms with van der Waals surface area (Å²) in [5.74, 6) is -3.20. The molecule has 0 unspecified atom stereocenters. The van der Waals surface area contributed by atoms with Crippen molar-refractivity contribution in [1.82, 2.24) is 24.5 Å². The molecule has 3 aromatic heterocycles. The smallest absolute Gasteiger partial charge is 0.267 e. The van der Waals surface area contributed by atoms with Crippen LogP contribution in [0.1, 0.15) is 73.9 Å². The molecule has 10 heteroatoms. The summed E-state index contributed by atoms with van der Waals surface area (Å²) in [4.78, 5) is 17.4. The fraction of sp³-hybridized carbons (Fsp3) is 0.478. The minimum Gasteiger partial charge on any atom is -0.267 e. The first kappa shape index (κ1) is 23.1. The Bertz CT molecular complexity index is 1190. The van der Waals surface area contributed by atoms with Crippen molar-refractivity contribution in [3.63, 3.8) is 0 Å². The van der Waals surface area contributed by atoms with Gasteiger partial charge in [-0.25, -0.2) is 22.2 Å². The summed E-state index contributed by atoms with van der Waals surface area (Å²) in [6, 6.07) is 4.22. The lowest BCUT2D eigenvalue weighted by Gasteiger charge is -2.23. The molecule has 3 heterocycles. The number of aromatic nitrogens is 5. The van der Waals surface area contributed by atoms with Crippen LogP contribution in [0.25, 0.3) is 11.3 Å². The topological polar surface area (TPSA) is 65.6 Å². The number of hydrogen-bond donors (Lipinski definition) is 0. The summed E-state index contributed by atoms with van der Waals surface area (Å²) >= 11 is 0. The van der Waals surface area contributed by atoms with Gasteiger partial charge in [-0.3, -0.25) is 14.5 Å². The van der Waals surface area contributed by atoms with Crippen LogP contribution in [0.3, 0.4) is 0 Å². The lowest BCUT2D eigenvalue weighted by atomic mass is 9.84. The maximum atomic E-state index is 14.1. The SMILES string of the molecule is Cn1ncc(-c2cc(C3CCCCC3)c(=O)n(Cc3ncccc3C(C)(F)F)n2)c1C(F)F. The van der Waals surface area contributed by atoms with Crippen LogP contribution in [0.5, 0.6) is 0 Å². The molecular formula is C23H25F4N5O. The molecule has 0 spiro atoms. The molecule has 3 aromatic rings. The summed E-state index contributed by atoms with van der Waals surface area (Å²) in [6.07, 6.45) is 4.46. The van der Waals surface area contributed by atoms with Gasteiger partial charge in [0.25, 0.3) is 17.9 Å². The van der Waals surface area contributed by atoms with Gasteiger partial charge in [0.2, 0.25) is 0 Å². The van der Waals surface area contributed by atoms with E-state index in [9.17, 15) is 22.4 Å². The Labute approximate surface area is 188 Å². The quantitative estimate of drug-likeness (QED) is 0.473. The van der Waals surface area contributed by atoms with Crippen molar-refractivity contribution in [1.29, 1.82) is 0 Å². The second kappa shape index (κ2) is 9.07. The molecule has 176 valence electrons. The Morgan fingerprint density at radius 3 is 2.61 bits per heavy atom. The number of pyridine rings is 1. The third kappa shape index (κ3) is 4.69. The maximum Gasteiger partial charge on any atom is 0.280 e. The van der Waals surface area contributed by atoms with Crippen LogP contribution < -0.4 is 5.56 Å². The van der Waals surface area contributed by atoms with Crippen molar-refractivity contribution in [2.75, 3.05) is 0 Å². The van der Waals surface area contributed by atoms with Crippen LogP contribution in [0.15, 0.2) is 35.4 Å². The molecule has 1 fully saturated rings. The molecular weight excluding hydrogens is 438 g/mol. The average molecular weight is 463 g/mol. The zero-order chi connectivity index (χ0) is 23.8. The highest BCUT2D eigenvalue weighted by Gasteiger charge is 2.29. The van der Waals surface area contributed by atoms with Gasteiger partial charge >= 0.3 is 0 Å². The number of nitrogens with zero attached hydrogens (tertiary/aromatic N) is 5. The van der Waals surface area contributed by atoms with E-state index in [2.05, 4.69) is 15.2 Å². The van der Waals surface area contributed by atoms with Crippen LogP contribution in [0.4, 0.5) is 17.6 Å². The zero-order valence-corrected chi connectivity index (χ0v) is 18.4. The van der Waals surface area contributed by atoms with Gasteiger partial charge in [0.05, 0.1) is 24.1 Å². The summed E-state index contributed by atoms with van der Waals surface area (Å²) in [7, 11) is 1.41. The molecule has 1 aliphatic rings. The summed E-state index contributed by atoms with van der Waals surface area (Å²) in [5.41, 5.74) is -0.293. The fourth-order valence-electron chi connectivity index (χ4n) is 4.52. The third-order valence-corrected chi connectivity index (χ3v) is 6.18. The van der Waals surface area contributed by atoms with Gasteiger partial charge < -0.3 is 0 Å². The minimum atomic E-state index is -3.16. The van der Waals surface area contributed by atoms with Crippen molar-refractivity contribution < 1.29 is 17.6 Å². The predicted octanol–water partition coefficient (Wildman–Crippen LogP) is 5.18. The molecule has 0 aliphatic heterocycles. The van der Waals surface area contributed by atoms with Gasteiger partial charge in [-0.2, -0.15) is 10.2 Å². The van der Waals surface area contributed by atoms with E-state index in [1.807, 2.05) is 0 Å². The van der Waals surface area contributed by atoms with E-state index in [0.29, 0.717) is 5.56 Å². The minimum absolute atomic E-state index is 0.00612. The summed E-state index contributed by atoms with van der Waals surface area (Å²) in [6.45, 7) is 0.467. The summed E-state index contributed by atoms with van der Waals surface area (Å²) in [5, 5.41) is 8.24. The highest BCUT2D eigenvalue weighted by atomic mass is 19.3. The Kier molecular flexibility index (Phi) is 6.36. The molecule has 0 atom stereocenters. The highest BCUT2D eigenvalue weighted by molar-refractivity contribution is 5.62. The average Bonchev–Trinajstić information content (AvgIpc) is 3.17. The largest absolute Gasteiger partial charge is 0.280 e. The van der Waals surface area contributed by atoms with E-state index in [-0.39, 0.29) is 40.7 Å². The molecule has 4 rings (SSSR count). The van der Waals surface area contributed by atoms with Crippen LogP contribution in [-0.4, -0.2) is 24.5 Å². The highest BCUT2D eigenvalue weighted by Crippen LogP contribution is 2.35. The molecule has 0 bridgehead atoms. The lowest BCUT2D eigenvalue weighted by Crippen LogP contribution is -2.30. The first-order valence-corrected chi connectivity index (χ1v) is 10.9. The van der Waals surface area contributed by atoms with E-state index in [4.69, 9.17) is 0 Å². The van der Waals surface area contributed by atoms with Gasteiger partial charge in [-0.1, -0.05) is 19.3 Å². The van der Waals surface area contributed by atoms with Crippen LogP contribution in [0, 0.1) is 0 Å². The first-order chi connectivity index (χ1) is 15.7. The molecule has 0 amide bonds. The fourth-order valence-corrected chi connectivity index (χ4v) is 4.52. The number of rotatable bonds is 6. The van der Waals surface area contributed by atoms with Crippen LogP contribution in [0.2, 0.25) is 0 Å². The Balaban J connectivity index is 1.87. The molecule has 0 aromatic carbocycles. The zero-order valence-electron chi connectivity index (χ0n) is 18.4. The first-order valence-electron chi connectivity index (χ1n) is 10.9. The Morgan fingerprint density at radius 1 is 1.21 bits per heavy atom. The van der Waals surface area contributed by atoms with Crippen molar-refractivity contribution in [3.8, 4) is 11.3 Å². The Morgan fingerprint density at radius 2 is 1.94 bits per heavy atom. The molecule has 1 aliphatic carbocycles. The predicted molar refractivity (Wildman–Crippen MR) is 114 cm³/mol. The molecule has 1 saturated carbocycles. The summed E-state index contributed by atoms with van der Waals surface area (Å²) < 4.78 is 57.9. The number of aryl methyl sites for hydroxylation is 1. The van der Waals surface area contributed by atoms with Crippen molar-refractivity contribution in [2.24, 2.45) is 7.05 Å². The van der Waals surface area contributed by atoms with Crippen molar-refractivity contribution in [2.45, 2.75) is 63.8 Å². The number of halogens is 4. The van der Waals surface area contributed by atoms with Crippen LogP contribution >= 0.6 is 0 Å². The number of alkyl halides is 4. The van der Waals surface area contributed by atoms with Crippen LogP contribution in [-0.2, 0) is 19.5 Å². The van der Waals surface area contributed by atoms with Gasteiger partial charge in [-0.05, 0) is 37.0 Å². The standard InChI is InChI=1S/C23H25F4N5O/c1-23(26,27)17-9-6-10-28-19(17)13-32-22(33)15(14-7-4-3-5-8-14)11-18(30-32)16-12-29-31(2)20(16)21(24)25/h6,9-12,14,21H,3-5,7-8,13H2,1-2H3. The third-order valence-electron chi connectivity index (χ3n) is 6.18. The van der Waals surface area contributed by atoms with Crippen molar-refractivity contribution in [3.05, 3.63) is 63.5 Å². The van der Waals surface area contributed by atoms with E-state index in [1.165, 1.54) is 31.6 Å². The number of hydrogen-bond acceptors (Lipinski definition) is 4. The lowest BCUT2D eigenvalue weighted by molar-refractivity contribution is 0.0159. The van der Waals surface area contributed by atoms with Gasteiger partial charge in [0, 0.05) is 36.9 Å². The van der Waals surface area contributed by atoms with Gasteiger partial charge in [-0.15, -0.1) is 0 Å². The molecule has 0 N–H and O–H groups in total. The van der Waals surface area contributed by atoms with E-state index < -0.39 is 17.9 Å². The second-order valence-electron chi connectivity index (χ2n) is 8.54. The molecule has 6 nitrogen and oxygen atoms in total. The Hall–Kier alpha value is -3.04. The van der Waals surface area contributed by atoms with E-state index in [1.54, 1.807) is 6.07 Å². The van der Waals surface area contributed by atoms with Gasteiger partial charge in [0.15, 0.2) is 0 Å². The van der Waals surface area contributed by atoms with E-state index in [0.717, 1.165) is 48.4 Å². The normalized spacial score (nSPS) is 15.4. The van der Waals surface area contributed by atoms with Gasteiger partial charge in [0.1, 0.15) is 5.69 Å². The second-order valence-corrected chi connectivity index (χ2v) is 8.54. The maximum absolute atomic E-state index is 14.1. The molecule has 33 heavy (non-hydrogen) atoms. The van der Waals surface area contributed by atoms with E-state index >= 15 is 0 Å². The molecule has 0 radical (unpaired) electrons.